The fourth-order valence-electron chi connectivity index (χ4n) is 1.99. The number of aliphatic hydroxyl groups is 1. The molecule has 0 fully saturated rings. The fraction of sp³-hybridized carbons (Fsp3) is 0.357. The third kappa shape index (κ3) is 2.71. The lowest BCUT2D eigenvalue weighted by atomic mass is 10.1. The van der Waals surface area contributed by atoms with Crippen molar-refractivity contribution in [1.29, 1.82) is 0 Å². The molecule has 0 bridgehead atoms. The molecule has 0 atom stereocenters. The molecule has 0 aliphatic heterocycles. The molecule has 0 spiro atoms. The van der Waals surface area contributed by atoms with Gasteiger partial charge in [-0.2, -0.15) is 0 Å². The maximum atomic E-state index is 11.1. The topological polar surface area (TPSA) is 68.9 Å². The lowest BCUT2D eigenvalue weighted by molar-refractivity contribution is -0.142. The van der Waals surface area contributed by atoms with Crippen molar-refractivity contribution in [2.45, 2.75) is 13.3 Å². The summed E-state index contributed by atoms with van der Waals surface area (Å²) in [5.74, 6) is 0.796. The number of aryl methyl sites for hydroxylation is 1. The molecule has 2 aromatic rings. The Morgan fingerprint density at radius 3 is 2.89 bits per heavy atom. The number of para-hydroxylation sites is 1. The number of aliphatic hydroxyl groups excluding tert-OH is 1. The fourth-order valence-corrected chi connectivity index (χ4v) is 1.99. The van der Waals surface area contributed by atoms with E-state index in [2.05, 4.69) is 4.74 Å². The Hall–Kier alpha value is -2.01. The highest BCUT2D eigenvalue weighted by molar-refractivity contribution is 5.87. The second kappa shape index (κ2) is 5.75. The maximum Gasteiger partial charge on any atom is 0.343 e. The Labute approximate surface area is 110 Å². The van der Waals surface area contributed by atoms with E-state index in [1.54, 1.807) is 6.07 Å². The number of rotatable bonds is 5. The smallest absolute Gasteiger partial charge is 0.343 e. The molecule has 1 aromatic heterocycles. The first-order valence-electron chi connectivity index (χ1n) is 5.98. The Morgan fingerprint density at radius 1 is 1.42 bits per heavy atom. The van der Waals surface area contributed by atoms with Gasteiger partial charge in [-0.1, -0.05) is 12.1 Å². The van der Waals surface area contributed by atoms with Crippen LogP contribution in [0.15, 0.2) is 22.6 Å². The first kappa shape index (κ1) is 13.4. The first-order chi connectivity index (χ1) is 9.17. The van der Waals surface area contributed by atoms with Gasteiger partial charge in [0.15, 0.2) is 17.9 Å². The third-order valence-electron chi connectivity index (χ3n) is 2.92. The van der Waals surface area contributed by atoms with Crippen molar-refractivity contribution in [3.8, 4) is 5.75 Å². The van der Waals surface area contributed by atoms with Crippen LogP contribution in [0.25, 0.3) is 11.0 Å². The minimum Gasteiger partial charge on any atom is -0.478 e. The van der Waals surface area contributed by atoms with Crippen molar-refractivity contribution >= 4 is 16.9 Å². The number of furan rings is 1. The molecule has 102 valence electrons. The minimum absolute atomic E-state index is 0.0583. The summed E-state index contributed by atoms with van der Waals surface area (Å²) >= 11 is 0. The van der Waals surface area contributed by atoms with E-state index >= 15 is 0 Å². The van der Waals surface area contributed by atoms with Gasteiger partial charge in [-0.05, 0) is 19.4 Å². The van der Waals surface area contributed by atoms with Crippen molar-refractivity contribution < 1.29 is 23.8 Å². The van der Waals surface area contributed by atoms with Gasteiger partial charge >= 0.3 is 5.97 Å². The lowest BCUT2D eigenvalue weighted by Crippen LogP contribution is -2.12. The predicted octanol–water partition coefficient (Wildman–Crippen LogP) is 1.83. The Morgan fingerprint density at radius 2 is 2.21 bits per heavy atom. The van der Waals surface area contributed by atoms with Crippen LogP contribution < -0.4 is 4.74 Å². The van der Waals surface area contributed by atoms with Gasteiger partial charge in [-0.15, -0.1) is 0 Å². The van der Waals surface area contributed by atoms with Gasteiger partial charge in [-0.25, -0.2) is 4.79 Å². The molecule has 5 nitrogen and oxygen atoms in total. The number of carbonyl (C=O) groups is 1. The average Bonchev–Trinajstić information content (AvgIpc) is 2.74. The number of hydrogen-bond acceptors (Lipinski definition) is 5. The molecule has 0 saturated heterocycles. The van der Waals surface area contributed by atoms with Crippen molar-refractivity contribution in [1.82, 2.24) is 0 Å². The highest BCUT2D eigenvalue weighted by Crippen LogP contribution is 2.32. The summed E-state index contributed by atoms with van der Waals surface area (Å²) in [4.78, 5) is 11.1. The summed E-state index contributed by atoms with van der Waals surface area (Å²) in [5, 5.41) is 9.96. The van der Waals surface area contributed by atoms with E-state index in [1.807, 2.05) is 19.1 Å². The van der Waals surface area contributed by atoms with Crippen LogP contribution in [0.5, 0.6) is 5.75 Å². The SMILES string of the molecule is COC(=O)COc1cccc2c(CCO)c(C)oc12. The number of carbonyl (C=O) groups excluding carboxylic acids is 1. The highest BCUT2D eigenvalue weighted by atomic mass is 16.6. The molecule has 5 heteroatoms. The van der Waals surface area contributed by atoms with Gasteiger partial charge in [0, 0.05) is 17.6 Å². The van der Waals surface area contributed by atoms with E-state index in [9.17, 15) is 4.79 Å². The normalized spacial score (nSPS) is 10.7. The van der Waals surface area contributed by atoms with Crippen LogP contribution in [0.1, 0.15) is 11.3 Å². The van der Waals surface area contributed by atoms with Gasteiger partial charge in [0.1, 0.15) is 5.76 Å². The van der Waals surface area contributed by atoms with Gasteiger partial charge in [0.05, 0.1) is 7.11 Å². The summed E-state index contributed by atoms with van der Waals surface area (Å²) in [5.41, 5.74) is 1.55. The van der Waals surface area contributed by atoms with E-state index in [4.69, 9.17) is 14.3 Å². The van der Waals surface area contributed by atoms with Crippen molar-refractivity contribution in [3.63, 3.8) is 0 Å². The Balaban J connectivity index is 2.35. The van der Waals surface area contributed by atoms with Crippen LogP contribution in [-0.2, 0) is 16.0 Å². The first-order valence-corrected chi connectivity index (χ1v) is 5.98. The average molecular weight is 264 g/mol. The molecule has 0 aliphatic rings. The van der Waals surface area contributed by atoms with Gasteiger partial charge in [0.2, 0.25) is 0 Å². The summed E-state index contributed by atoms with van der Waals surface area (Å²) in [6, 6.07) is 5.46. The van der Waals surface area contributed by atoms with E-state index in [0.29, 0.717) is 17.8 Å². The minimum atomic E-state index is -0.448. The molecule has 19 heavy (non-hydrogen) atoms. The summed E-state index contributed by atoms with van der Waals surface area (Å²) in [6.07, 6.45) is 0.527. The van der Waals surface area contributed by atoms with Crippen molar-refractivity contribution in [3.05, 3.63) is 29.5 Å². The highest BCUT2D eigenvalue weighted by Gasteiger charge is 2.15. The van der Waals surface area contributed by atoms with Gasteiger partial charge in [0.25, 0.3) is 0 Å². The van der Waals surface area contributed by atoms with Crippen LogP contribution in [0.4, 0.5) is 0 Å². The third-order valence-corrected chi connectivity index (χ3v) is 2.92. The molecule has 1 heterocycles. The number of fused-ring (bicyclic) bond motifs is 1. The quantitative estimate of drug-likeness (QED) is 0.834. The molecule has 0 unspecified atom stereocenters. The predicted molar refractivity (Wildman–Crippen MR) is 69.3 cm³/mol. The molecular weight excluding hydrogens is 248 g/mol. The monoisotopic (exact) mass is 264 g/mol. The largest absolute Gasteiger partial charge is 0.478 e. The number of esters is 1. The number of ether oxygens (including phenoxy) is 2. The van der Waals surface area contributed by atoms with Crippen LogP contribution in [0, 0.1) is 6.92 Å². The summed E-state index contributed by atoms with van der Waals surface area (Å²) in [7, 11) is 1.31. The number of benzene rings is 1. The molecule has 2 rings (SSSR count). The second-order valence-electron chi connectivity index (χ2n) is 4.11. The molecule has 1 aromatic carbocycles. The van der Waals surface area contributed by atoms with Gasteiger partial charge < -0.3 is 19.0 Å². The molecule has 0 aliphatic carbocycles. The van der Waals surface area contributed by atoms with Crippen LogP contribution in [0.3, 0.4) is 0 Å². The van der Waals surface area contributed by atoms with Crippen molar-refractivity contribution in [2.75, 3.05) is 20.3 Å². The molecular formula is C14H16O5. The summed E-state index contributed by atoms with van der Waals surface area (Å²) < 4.78 is 15.6. The number of hydrogen-bond donors (Lipinski definition) is 1. The Bertz CT molecular complexity index is 585. The second-order valence-corrected chi connectivity index (χ2v) is 4.11. The van der Waals surface area contributed by atoms with Gasteiger partial charge in [-0.3, -0.25) is 0 Å². The van der Waals surface area contributed by atoms with Crippen molar-refractivity contribution in [2.24, 2.45) is 0 Å². The standard InChI is InChI=1S/C14H16O5/c1-9-10(6-7-15)11-4-3-5-12(14(11)19-9)18-8-13(16)17-2/h3-5,15H,6-8H2,1-2H3. The molecule has 0 saturated carbocycles. The van der Waals surface area contributed by atoms with E-state index in [0.717, 1.165) is 16.7 Å². The van der Waals surface area contributed by atoms with E-state index < -0.39 is 5.97 Å². The van der Waals surface area contributed by atoms with E-state index in [-0.39, 0.29) is 13.2 Å². The molecule has 0 radical (unpaired) electrons. The zero-order valence-corrected chi connectivity index (χ0v) is 10.9. The molecule has 1 N–H and O–H groups in total. The zero-order chi connectivity index (χ0) is 13.8. The summed E-state index contributed by atoms with van der Waals surface area (Å²) in [6.45, 7) is 1.74. The van der Waals surface area contributed by atoms with Crippen LogP contribution in [-0.4, -0.2) is 31.4 Å². The lowest BCUT2D eigenvalue weighted by Gasteiger charge is -2.05. The molecule has 0 amide bonds. The maximum absolute atomic E-state index is 11.1. The number of methoxy groups -OCH3 is 1. The zero-order valence-electron chi connectivity index (χ0n) is 10.9. The van der Waals surface area contributed by atoms with Crippen LogP contribution in [0.2, 0.25) is 0 Å². The Kier molecular flexibility index (Phi) is 4.06. The van der Waals surface area contributed by atoms with E-state index in [1.165, 1.54) is 7.11 Å². The van der Waals surface area contributed by atoms with Crippen LogP contribution >= 0.6 is 0 Å².